The van der Waals surface area contributed by atoms with Crippen molar-refractivity contribution in [2.45, 2.75) is 32.7 Å². The van der Waals surface area contributed by atoms with E-state index in [9.17, 15) is 9.18 Å². The third-order valence-corrected chi connectivity index (χ3v) is 4.31. The molecule has 1 N–H and O–H groups in total. The summed E-state index contributed by atoms with van der Waals surface area (Å²) in [4.78, 5) is 12.1. The fourth-order valence-electron chi connectivity index (χ4n) is 2.74. The molecular formula is C21H21FN2O2. The Hall–Kier alpha value is -2.95. The summed E-state index contributed by atoms with van der Waals surface area (Å²) in [5, 5.41) is 6.79. The standard InChI is InChI=1S/C21H21FN2O2/c1-2-15-7-9-16(10-8-15)13-23-20(25)12-11-17-14-26-24-21(17)18-5-3-4-6-19(18)22/h3-10,14H,2,11-13H2,1H3,(H,23,25). The molecule has 0 unspecified atom stereocenters. The maximum atomic E-state index is 13.9. The molecule has 5 heteroatoms. The second-order valence-electron chi connectivity index (χ2n) is 6.12. The lowest BCUT2D eigenvalue weighted by molar-refractivity contribution is -0.121. The molecule has 3 aromatic rings. The zero-order chi connectivity index (χ0) is 18.4. The molecule has 0 saturated carbocycles. The van der Waals surface area contributed by atoms with Crippen molar-refractivity contribution in [3.8, 4) is 11.3 Å². The van der Waals surface area contributed by atoms with Crippen LogP contribution in [0.2, 0.25) is 0 Å². The first-order chi connectivity index (χ1) is 12.7. The monoisotopic (exact) mass is 352 g/mol. The van der Waals surface area contributed by atoms with Gasteiger partial charge >= 0.3 is 0 Å². The van der Waals surface area contributed by atoms with Gasteiger partial charge in [0, 0.05) is 24.1 Å². The van der Waals surface area contributed by atoms with E-state index in [-0.39, 0.29) is 18.1 Å². The Kier molecular flexibility index (Phi) is 5.79. The molecule has 4 nitrogen and oxygen atoms in total. The lowest BCUT2D eigenvalue weighted by Gasteiger charge is -2.06. The number of hydrogen-bond donors (Lipinski definition) is 1. The summed E-state index contributed by atoms with van der Waals surface area (Å²) >= 11 is 0. The number of aryl methyl sites for hydroxylation is 2. The van der Waals surface area contributed by atoms with E-state index in [1.165, 1.54) is 17.9 Å². The molecule has 26 heavy (non-hydrogen) atoms. The Morgan fingerprint density at radius 2 is 1.85 bits per heavy atom. The van der Waals surface area contributed by atoms with Crippen LogP contribution >= 0.6 is 0 Å². The third-order valence-electron chi connectivity index (χ3n) is 4.31. The first-order valence-corrected chi connectivity index (χ1v) is 8.70. The largest absolute Gasteiger partial charge is 0.364 e. The smallest absolute Gasteiger partial charge is 0.220 e. The molecule has 0 fully saturated rings. The molecule has 3 rings (SSSR count). The van der Waals surface area contributed by atoms with E-state index in [1.54, 1.807) is 18.2 Å². The van der Waals surface area contributed by atoms with Gasteiger partial charge in [-0.15, -0.1) is 0 Å². The zero-order valence-corrected chi connectivity index (χ0v) is 14.7. The fourth-order valence-corrected chi connectivity index (χ4v) is 2.74. The molecule has 2 aromatic carbocycles. The topological polar surface area (TPSA) is 55.1 Å². The highest BCUT2D eigenvalue weighted by Crippen LogP contribution is 2.25. The minimum absolute atomic E-state index is 0.0646. The lowest BCUT2D eigenvalue weighted by Crippen LogP contribution is -2.23. The van der Waals surface area contributed by atoms with Gasteiger partial charge < -0.3 is 9.84 Å². The Bertz CT molecular complexity index is 872. The van der Waals surface area contributed by atoms with Gasteiger partial charge in [-0.05, 0) is 36.1 Å². The van der Waals surface area contributed by atoms with Crippen molar-refractivity contribution in [2.24, 2.45) is 0 Å². The van der Waals surface area contributed by atoms with Gasteiger partial charge in [-0.1, -0.05) is 48.5 Å². The SMILES string of the molecule is CCc1ccc(CNC(=O)CCc2conc2-c2ccccc2F)cc1. The number of carbonyl (C=O) groups excluding carboxylic acids is 1. The predicted octanol–water partition coefficient (Wildman–Crippen LogP) is 4.29. The van der Waals surface area contributed by atoms with E-state index >= 15 is 0 Å². The average Bonchev–Trinajstić information content (AvgIpc) is 3.14. The number of halogens is 1. The third kappa shape index (κ3) is 4.36. The van der Waals surface area contributed by atoms with Crippen molar-refractivity contribution in [3.05, 3.63) is 77.3 Å². The number of amides is 1. The van der Waals surface area contributed by atoms with Crippen LogP contribution in [0.3, 0.4) is 0 Å². The highest BCUT2D eigenvalue weighted by atomic mass is 19.1. The van der Waals surface area contributed by atoms with E-state index in [0.29, 0.717) is 24.2 Å². The van der Waals surface area contributed by atoms with E-state index in [0.717, 1.165) is 17.5 Å². The fraction of sp³-hybridized carbons (Fsp3) is 0.238. The predicted molar refractivity (Wildman–Crippen MR) is 97.9 cm³/mol. The summed E-state index contributed by atoms with van der Waals surface area (Å²) in [5.41, 5.74) is 3.89. The van der Waals surface area contributed by atoms with Gasteiger partial charge in [0.05, 0.1) is 0 Å². The van der Waals surface area contributed by atoms with Gasteiger partial charge in [0.15, 0.2) is 0 Å². The summed E-state index contributed by atoms with van der Waals surface area (Å²) in [6.07, 6.45) is 3.19. The number of carbonyl (C=O) groups is 1. The number of aromatic nitrogens is 1. The molecule has 0 aliphatic heterocycles. The van der Waals surface area contributed by atoms with Crippen LogP contribution in [0.15, 0.2) is 59.3 Å². The van der Waals surface area contributed by atoms with Crippen molar-refractivity contribution >= 4 is 5.91 Å². The number of nitrogens with zero attached hydrogens (tertiary/aromatic N) is 1. The van der Waals surface area contributed by atoms with Crippen molar-refractivity contribution < 1.29 is 13.7 Å². The summed E-state index contributed by atoms with van der Waals surface area (Å²) < 4.78 is 18.9. The molecular weight excluding hydrogens is 331 g/mol. The molecule has 0 atom stereocenters. The van der Waals surface area contributed by atoms with Crippen LogP contribution in [0.5, 0.6) is 0 Å². The molecule has 0 bridgehead atoms. The highest BCUT2D eigenvalue weighted by molar-refractivity contribution is 5.76. The Labute approximate surface area is 152 Å². The van der Waals surface area contributed by atoms with Gasteiger partial charge in [-0.3, -0.25) is 4.79 Å². The first kappa shape index (κ1) is 17.9. The van der Waals surface area contributed by atoms with Crippen molar-refractivity contribution in [2.75, 3.05) is 0 Å². The van der Waals surface area contributed by atoms with E-state index < -0.39 is 0 Å². The van der Waals surface area contributed by atoms with Crippen LogP contribution in [-0.2, 0) is 24.2 Å². The van der Waals surface area contributed by atoms with Crippen molar-refractivity contribution in [1.29, 1.82) is 0 Å². The zero-order valence-electron chi connectivity index (χ0n) is 14.7. The van der Waals surface area contributed by atoms with Gasteiger partial charge in [0.25, 0.3) is 0 Å². The average molecular weight is 352 g/mol. The van der Waals surface area contributed by atoms with Crippen molar-refractivity contribution in [3.63, 3.8) is 0 Å². The molecule has 0 radical (unpaired) electrons. The number of benzene rings is 2. The van der Waals surface area contributed by atoms with Crippen LogP contribution in [-0.4, -0.2) is 11.1 Å². The second kappa shape index (κ2) is 8.43. The van der Waals surface area contributed by atoms with Crippen LogP contribution in [0.1, 0.15) is 30.0 Å². The Balaban J connectivity index is 1.55. The van der Waals surface area contributed by atoms with Gasteiger partial charge in [-0.2, -0.15) is 0 Å². The summed E-state index contributed by atoms with van der Waals surface area (Å²) in [5.74, 6) is -0.423. The lowest BCUT2D eigenvalue weighted by atomic mass is 10.0. The summed E-state index contributed by atoms with van der Waals surface area (Å²) in [7, 11) is 0. The van der Waals surface area contributed by atoms with Crippen LogP contribution in [0.4, 0.5) is 4.39 Å². The van der Waals surface area contributed by atoms with E-state index in [4.69, 9.17) is 4.52 Å². The minimum atomic E-state index is -0.359. The molecule has 1 aromatic heterocycles. The van der Waals surface area contributed by atoms with E-state index in [1.807, 2.05) is 12.1 Å². The molecule has 1 amide bonds. The minimum Gasteiger partial charge on any atom is -0.364 e. The van der Waals surface area contributed by atoms with Crippen LogP contribution in [0, 0.1) is 5.82 Å². The summed E-state index contributed by atoms with van der Waals surface area (Å²) in [6.45, 7) is 2.60. The van der Waals surface area contributed by atoms with Gasteiger partial charge in [-0.25, -0.2) is 4.39 Å². The van der Waals surface area contributed by atoms with Crippen LogP contribution < -0.4 is 5.32 Å². The van der Waals surface area contributed by atoms with Gasteiger partial charge in [0.1, 0.15) is 17.8 Å². The Morgan fingerprint density at radius 1 is 1.12 bits per heavy atom. The maximum absolute atomic E-state index is 13.9. The summed E-state index contributed by atoms with van der Waals surface area (Å²) in [6, 6.07) is 14.6. The van der Waals surface area contributed by atoms with Gasteiger partial charge in [0.2, 0.25) is 5.91 Å². The maximum Gasteiger partial charge on any atom is 0.220 e. The normalized spacial score (nSPS) is 10.7. The Morgan fingerprint density at radius 3 is 2.58 bits per heavy atom. The molecule has 134 valence electrons. The molecule has 0 spiro atoms. The van der Waals surface area contributed by atoms with Crippen molar-refractivity contribution in [1.82, 2.24) is 10.5 Å². The van der Waals surface area contributed by atoms with E-state index in [2.05, 4.69) is 29.5 Å². The molecule has 1 heterocycles. The molecule has 0 aliphatic rings. The molecule has 0 aliphatic carbocycles. The number of hydrogen-bond acceptors (Lipinski definition) is 3. The quantitative estimate of drug-likeness (QED) is 0.690. The number of rotatable bonds is 7. The van der Waals surface area contributed by atoms with Crippen LogP contribution in [0.25, 0.3) is 11.3 Å². The highest BCUT2D eigenvalue weighted by Gasteiger charge is 2.15. The second-order valence-corrected chi connectivity index (χ2v) is 6.12. The molecule has 0 saturated heterocycles. The number of nitrogens with one attached hydrogen (secondary N) is 1. The first-order valence-electron chi connectivity index (χ1n) is 8.70.